The molecular formula is C25H52O2. The van der Waals surface area contributed by atoms with E-state index in [-0.39, 0.29) is 6.10 Å². The molecule has 27 heavy (non-hydrogen) atoms. The number of aliphatic hydroxyl groups is 2. The van der Waals surface area contributed by atoms with Crippen molar-refractivity contribution in [3.8, 4) is 0 Å². The third-order valence-corrected chi connectivity index (χ3v) is 6.23. The molecule has 2 fully saturated rings. The van der Waals surface area contributed by atoms with Gasteiger partial charge in [-0.3, -0.25) is 0 Å². The Labute approximate surface area is 171 Å². The second-order valence-corrected chi connectivity index (χ2v) is 11.3. The van der Waals surface area contributed by atoms with Crippen molar-refractivity contribution in [3.05, 3.63) is 0 Å². The van der Waals surface area contributed by atoms with Gasteiger partial charge in [-0.25, -0.2) is 0 Å². The zero-order chi connectivity index (χ0) is 21.1. The first-order valence-corrected chi connectivity index (χ1v) is 11.7. The molecule has 0 aromatic rings. The lowest BCUT2D eigenvalue weighted by atomic mass is 9.71. The van der Waals surface area contributed by atoms with Gasteiger partial charge in [0.15, 0.2) is 0 Å². The summed E-state index contributed by atoms with van der Waals surface area (Å²) >= 11 is 0. The molecule has 2 saturated carbocycles. The van der Waals surface area contributed by atoms with Crippen LogP contribution in [0.2, 0.25) is 0 Å². The third-order valence-electron chi connectivity index (χ3n) is 6.23. The van der Waals surface area contributed by atoms with Gasteiger partial charge < -0.3 is 10.2 Å². The average Bonchev–Trinajstić information content (AvgIpc) is 2.56. The minimum absolute atomic E-state index is 0.0382. The fourth-order valence-electron chi connectivity index (χ4n) is 4.60. The summed E-state index contributed by atoms with van der Waals surface area (Å²) in [5.74, 6) is 2.52. The van der Waals surface area contributed by atoms with E-state index in [9.17, 15) is 5.11 Å². The van der Waals surface area contributed by atoms with Crippen molar-refractivity contribution >= 4 is 0 Å². The van der Waals surface area contributed by atoms with Gasteiger partial charge >= 0.3 is 0 Å². The number of hydrogen-bond donors (Lipinski definition) is 2. The highest BCUT2D eigenvalue weighted by molar-refractivity contribution is 4.83. The second-order valence-electron chi connectivity index (χ2n) is 11.3. The molecule has 0 bridgehead atoms. The smallest absolute Gasteiger partial charge is 0.0573 e. The van der Waals surface area contributed by atoms with Gasteiger partial charge in [-0.1, -0.05) is 93.9 Å². The lowest BCUT2D eigenvalue weighted by Gasteiger charge is -2.37. The fourth-order valence-corrected chi connectivity index (χ4v) is 4.60. The molecule has 0 spiro atoms. The lowest BCUT2D eigenvalue weighted by Crippen LogP contribution is -2.34. The van der Waals surface area contributed by atoms with Crippen LogP contribution < -0.4 is 0 Å². The summed E-state index contributed by atoms with van der Waals surface area (Å²) in [5, 5.41) is 17.6. The Morgan fingerprint density at radius 1 is 0.815 bits per heavy atom. The highest BCUT2D eigenvalue weighted by atomic mass is 16.3. The van der Waals surface area contributed by atoms with E-state index < -0.39 is 0 Å². The largest absolute Gasteiger partial charge is 0.396 e. The van der Waals surface area contributed by atoms with Crippen LogP contribution in [-0.2, 0) is 0 Å². The molecule has 4 unspecified atom stereocenters. The van der Waals surface area contributed by atoms with E-state index in [0.29, 0.717) is 23.4 Å². The molecule has 0 aromatic carbocycles. The summed E-state index contributed by atoms with van der Waals surface area (Å²) in [6.07, 6.45) is 12.9. The monoisotopic (exact) mass is 384 g/mol. The van der Waals surface area contributed by atoms with Crippen LogP contribution in [-0.4, -0.2) is 22.9 Å². The Morgan fingerprint density at radius 3 is 1.67 bits per heavy atom. The molecule has 2 N–H and O–H groups in total. The van der Waals surface area contributed by atoms with Gasteiger partial charge in [0.05, 0.1) is 6.10 Å². The zero-order valence-electron chi connectivity index (χ0n) is 20.0. The third kappa shape index (κ3) is 12.9. The predicted molar refractivity (Wildman–Crippen MR) is 120 cm³/mol. The van der Waals surface area contributed by atoms with Gasteiger partial charge in [-0.05, 0) is 54.3 Å². The summed E-state index contributed by atoms with van der Waals surface area (Å²) in [6.45, 7) is 18.5. The van der Waals surface area contributed by atoms with E-state index >= 15 is 0 Å². The first kappa shape index (κ1) is 26.9. The van der Waals surface area contributed by atoms with Crippen molar-refractivity contribution in [2.24, 2.45) is 28.6 Å². The minimum Gasteiger partial charge on any atom is -0.396 e. The summed E-state index contributed by atoms with van der Waals surface area (Å²) < 4.78 is 0. The van der Waals surface area contributed by atoms with Crippen LogP contribution in [0.1, 0.15) is 120 Å². The van der Waals surface area contributed by atoms with Crippen LogP contribution in [0.25, 0.3) is 0 Å². The Balaban J connectivity index is 0.000000421. The first-order chi connectivity index (χ1) is 12.4. The molecule has 2 heteroatoms. The molecular weight excluding hydrogens is 332 g/mol. The fraction of sp³-hybridized carbons (Fsp3) is 1.00. The van der Waals surface area contributed by atoms with Crippen molar-refractivity contribution in [2.45, 2.75) is 126 Å². The van der Waals surface area contributed by atoms with Gasteiger partial charge in [-0.2, -0.15) is 0 Å². The summed E-state index contributed by atoms with van der Waals surface area (Å²) in [7, 11) is 0. The number of rotatable bonds is 2. The maximum absolute atomic E-state index is 9.70. The summed E-state index contributed by atoms with van der Waals surface area (Å²) in [5.41, 5.74) is 0.829. The van der Waals surface area contributed by atoms with Crippen molar-refractivity contribution < 1.29 is 10.2 Å². The van der Waals surface area contributed by atoms with Gasteiger partial charge in [-0.15, -0.1) is 0 Å². The van der Waals surface area contributed by atoms with Crippen LogP contribution in [0, 0.1) is 28.6 Å². The highest BCUT2D eigenvalue weighted by Gasteiger charge is 2.32. The van der Waals surface area contributed by atoms with Crippen LogP contribution in [0.3, 0.4) is 0 Å². The van der Waals surface area contributed by atoms with Crippen LogP contribution >= 0.6 is 0 Å². The van der Waals surface area contributed by atoms with Gasteiger partial charge in [0, 0.05) is 6.61 Å². The van der Waals surface area contributed by atoms with E-state index in [1.54, 1.807) is 0 Å². The molecule has 0 heterocycles. The van der Waals surface area contributed by atoms with Gasteiger partial charge in [0.2, 0.25) is 0 Å². The Morgan fingerprint density at radius 2 is 1.30 bits per heavy atom. The number of aliphatic hydroxyl groups excluding tert-OH is 2. The van der Waals surface area contributed by atoms with Crippen molar-refractivity contribution in [3.63, 3.8) is 0 Å². The van der Waals surface area contributed by atoms with Crippen LogP contribution in [0.4, 0.5) is 0 Å². The lowest BCUT2D eigenvalue weighted by molar-refractivity contribution is 0.0105. The van der Waals surface area contributed by atoms with E-state index in [1.807, 2.05) is 6.92 Å². The minimum atomic E-state index is -0.0382. The molecule has 0 saturated heterocycles. The maximum Gasteiger partial charge on any atom is 0.0573 e. The summed E-state index contributed by atoms with van der Waals surface area (Å²) in [4.78, 5) is 0. The highest BCUT2D eigenvalue weighted by Crippen LogP contribution is 2.38. The molecule has 2 rings (SSSR count). The van der Waals surface area contributed by atoms with E-state index in [4.69, 9.17) is 5.11 Å². The topological polar surface area (TPSA) is 40.5 Å². The molecule has 2 nitrogen and oxygen atoms in total. The molecule has 0 aromatic heterocycles. The SMILES string of the molecule is CC(C)(C)C1CCCCC1O.CC1CCCCC1CC(C)(C)C.CCCO. The van der Waals surface area contributed by atoms with Gasteiger partial charge in [0.25, 0.3) is 0 Å². The standard InChI is InChI=1S/C12H24.C10H20O.C3H8O/c1-10-7-5-6-8-11(10)9-12(2,3)4;1-10(2,3)8-6-4-5-7-9(8)11;1-2-3-4/h10-11H,5-9H2,1-4H3;8-9,11H,4-7H2,1-3H3;4H,2-3H2,1H3. The van der Waals surface area contributed by atoms with Crippen LogP contribution in [0.5, 0.6) is 0 Å². The van der Waals surface area contributed by atoms with Gasteiger partial charge in [0.1, 0.15) is 0 Å². The molecule has 4 atom stereocenters. The van der Waals surface area contributed by atoms with Crippen molar-refractivity contribution in [2.75, 3.05) is 6.61 Å². The molecule has 2 aliphatic rings. The molecule has 2 aliphatic carbocycles. The molecule has 0 amide bonds. The average molecular weight is 385 g/mol. The van der Waals surface area contributed by atoms with Crippen molar-refractivity contribution in [1.29, 1.82) is 0 Å². The predicted octanol–water partition coefficient (Wildman–Crippen LogP) is 7.22. The molecule has 0 aliphatic heterocycles. The van der Waals surface area contributed by atoms with Crippen molar-refractivity contribution in [1.82, 2.24) is 0 Å². The zero-order valence-corrected chi connectivity index (χ0v) is 20.0. The Bertz CT molecular complexity index is 348. The maximum atomic E-state index is 9.70. The molecule has 164 valence electrons. The van der Waals surface area contributed by atoms with Crippen LogP contribution in [0.15, 0.2) is 0 Å². The van der Waals surface area contributed by atoms with E-state index in [0.717, 1.165) is 24.7 Å². The number of hydrogen-bond acceptors (Lipinski definition) is 2. The quantitative estimate of drug-likeness (QED) is 0.527. The van der Waals surface area contributed by atoms with E-state index in [1.165, 1.54) is 51.4 Å². The molecule has 0 radical (unpaired) electrons. The Kier molecular flexibility index (Phi) is 13.2. The normalized spacial score (nSPS) is 29.1. The summed E-state index contributed by atoms with van der Waals surface area (Å²) in [6, 6.07) is 0. The first-order valence-electron chi connectivity index (χ1n) is 11.7. The van der Waals surface area contributed by atoms with E-state index in [2.05, 4.69) is 48.5 Å². The Hall–Kier alpha value is -0.0800. The second kappa shape index (κ2) is 13.2.